The Labute approximate surface area is 169 Å². The van der Waals surface area contributed by atoms with Gasteiger partial charge in [0.15, 0.2) is 0 Å². The van der Waals surface area contributed by atoms with Gasteiger partial charge in [-0.15, -0.1) is 0 Å². The average Bonchev–Trinajstić information content (AvgIpc) is 3.08. The third-order valence-electron chi connectivity index (χ3n) is 6.59. The summed E-state index contributed by atoms with van der Waals surface area (Å²) in [6.07, 6.45) is 2.72. The maximum absolute atomic E-state index is 13.1. The van der Waals surface area contributed by atoms with E-state index in [0.29, 0.717) is 43.1 Å². The van der Waals surface area contributed by atoms with Crippen molar-refractivity contribution in [1.82, 2.24) is 4.31 Å². The molecule has 3 aliphatic rings. The third kappa shape index (κ3) is 3.11. The molecule has 5 rings (SSSR count). The molecule has 2 aromatic carbocycles. The monoisotopic (exact) mass is 413 g/mol. The molecule has 7 nitrogen and oxygen atoms in total. The highest BCUT2D eigenvalue weighted by atomic mass is 32.2. The highest BCUT2D eigenvalue weighted by Crippen LogP contribution is 2.61. The Kier molecular flexibility index (Phi) is 4.36. The first-order chi connectivity index (χ1) is 14.0. The fourth-order valence-corrected chi connectivity index (χ4v) is 6.75. The first-order valence-corrected chi connectivity index (χ1v) is 11.5. The third-order valence-corrected chi connectivity index (χ3v) is 8.53. The predicted molar refractivity (Wildman–Crippen MR) is 109 cm³/mol. The van der Waals surface area contributed by atoms with Gasteiger partial charge >= 0.3 is 0 Å². The summed E-state index contributed by atoms with van der Waals surface area (Å²) in [6.45, 7) is 1.60. The summed E-state index contributed by atoms with van der Waals surface area (Å²) in [5.74, 6) is 1.62. The number of sulfonamides is 1. The topological polar surface area (TPSA) is 92.5 Å². The number of hydrogen-bond acceptors (Lipinski definition) is 5. The average molecular weight is 413 g/mol. The Morgan fingerprint density at radius 3 is 2.66 bits per heavy atom. The quantitative estimate of drug-likeness (QED) is 0.579. The summed E-state index contributed by atoms with van der Waals surface area (Å²) in [4.78, 5) is 10.7. The largest absolute Gasteiger partial charge is 0.384 e. The Morgan fingerprint density at radius 2 is 1.90 bits per heavy atom. The smallest absolute Gasteiger partial charge is 0.270 e. The second-order valence-electron chi connectivity index (χ2n) is 8.19. The van der Waals surface area contributed by atoms with Crippen molar-refractivity contribution in [3.63, 3.8) is 0 Å². The van der Waals surface area contributed by atoms with Gasteiger partial charge in [-0.1, -0.05) is 24.3 Å². The lowest BCUT2D eigenvalue weighted by Crippen LogP contribution is -2.28. The summed E-state index contributed by atoms with van der Waals surface area (Å²) < 4.78 is 27.7. The van der Waals surface area contributed by atoms with Crippen LogP contribution in [0, 0.1) is 22.0 Å². The Morgan fingerprint density at radius 1 is 1.14 bits per heavy atom. The van der Waals surface area contributed by atoms with Crippen molar-refractivity contribution < 1.29 is 13.3 Å². The molecule has 0 radical (unpaired) electrons. The fraction of sp³-hybridized carbons (Fsp3) is 0.429. The van der Waals surface area contributed by atoms with Crippen LogP contribution in [0.1, 0.15) is 29.9 Å². The molecule has 2 fully saturated rings. The minimum absolute atomic E-state index is 0.0137. The van der Waals surface area contributed by atoms with Crippen LogP contribution in [0.4, 0.5) is 11.4 Å². The molecule has 0 spiro atoms. The first-order valence-electron chi connectivity index (χ1n) is 10.1. The molecule has 3 atom stereocenters. The van der Waals surface area contributed by atoms with Crippen molar-refractivity contribution in [1.29, 1.82) is 0 Å². The summed E-state index contributed by atoms with van der Waals surface area (Å²) in [5.41, 5.74) is 3.09. The molecule has 0 aromatic heterocycles. The molecule has 1 N–H and O–H groups in total. The lowest BCUT2D eigenvalue weighted by atomic mass is 10.0. The molecule has 2 aromatic rings. The van der Waals surface area contributed by atoms with Crippen LogP contribution < -0.4 is 5.32 Å². The van der Waals surface area contributed by atoms with Crippen molar-refractivity contribution in [3.8, 4) is 0 Å². The Bertz CT molecular complexity index is 1080. The van der Waals surface area contributed by atoms with E-state index < -0.39 is 14.9 Å². The van der Waals surface area contributed by atoms with Gasteiger partial charge in [-0.05, 0) is 54.2 Å². The van der Waals surface area contributed by atoms with E-state index >= 15 is 0 Å². The molecular formula is C21H23N3O4S. The number of benzene rings is 2. The van der Waals surface area contributed by atoms with Gasteiger partial charge in [-0.2, -0.15) is 4.31 Å². The second kappa shape index (κ2) is 6.81. The molecule has 0 amide bonds. The number of nitro benzene ring substituents is 1. The van der Waals surface area contributed by atoms with E-state index in [9.17, 15) is 18.5 Å². The number of non-ortho nitro benzene ring substituents is 1. The molecule has 3 unspecified atom stereocenters. The number of hydrogen-bond donors (Lipinski definition) is 1. The van der Waals surface area contributed by atoms with Crippen LogP contribution >= 0.6 is 0 Å². The first kappa shape index (κ1) is 18.6. The SMILES string of the molecule is O=[N+]([O-])c1ccc(NCC2C3Cc4ccccc4C23)c(S(=O)(=O)N2CCCC2)c1. The van der Waals surface area contributed by atoms with Crippen LogP contribution in [0.15, 0.2) is 47.4 Å². The van der Waals surface area contributed by atoms with Crippen molar-refractivity contribution >= 4 is 21.4 Å². The van der Waals surface area contributed by atoms with Crippen LogP contribution in [0.2, 0.25) is 0 Å². The maximum Gasteiger partial charge on any atom is 0.270 e. The number of rotatable bonds is 6. The maximum atomic E-state index is 13.1. The van der Waals surface area contributed by atoms with Gasteiger partial charge in [0.2, 0.25) is 10.0 Å². The van der Waals surface area contributed by atoms with Crippen molar-refractivity contribution in [2.45, 2.75) is 30.1 Å². The minimum Gasteiger partial charge on any atom is -0.384 e. The van der Waals surface area contributed by atoms with E-state index in [2.05, 4.69) is 29.6 Å². The van der Waals surface area contributed by atoms with Crippen LogP contribution in [0.25, 0.3) is 0 Å². The highest BCUT2D eigenvalue weighted by molar-refractivity contribution is 7.89. The van der Waals surface area contributed by atoms with Gasteiger partial charge < -0.3 is 5.32 Å². The summed E-state index contributed by atoms with van der Waals surface area (Å²) in [6, 6.07) is 12.6. The summed E-state index contributed by atoms with van der Waals surface area (Å²) in [7, 11) is -3.75. The Hall–Kier alpha value is -2.45. The van der Waals surface area contributed by atoms with E-state index in [0.717, 1.165) is 19.3 Å². The van der Waals surface area contributed by atoms with Crippen LogP contribution in [-0.4, -0.2) is 37.3 Å². The number of fused-ring (bicyclic) bond motifs is 3. The Balaban J connectivity index is 1.39. The molecule has 1 saturated carbocycles. The number of anilines is 1. The van der Waals surface area contributed by atoms with Gasteiger partial charge in [0.1, 0.15) is 4.90 Å². The van der Waals surface area contributed by atoms with E-state index in [1.165, 1.54) is 33.6 Å². The van der Waals surface area contributed by atoms with E-state index in [-0.39, 0.29) is 10.6 Å². The van der Waals surface area contributed by atoms with Crippen LogP contribution in [0.3, 0.4) is 0 Å². The lowest BCUT2D eigenvalue weighted by Gasteiger charge is -2.19. The van der Waals surface area contributed by atoms with Crippen molar-refractivity contribution in [2.75, 3.05) is 25.0 Å². The predicted octanol–water partition coefficient (Wildman–Crippen LogP) is 3.38. The zero-order valence-corrected chi connectivity index (χ0v) is 16.8. The fourth-order valence-electron chi connectivity index (χ4n) is 5.04. The molecular weight excluding hydrogens is 390 g/mol. The van der Waals surface area contributed by atoms with Crippen LogP contribution in [0.5, 0.6) is 0 Å². The molecule has 29 heavy (non-hydrogen) atoms. The molecule has 0 bridgehead atoms. The number of nitrogens with zero attached hydrogens (tertiary/aromatic N) is 2. The molecule has 1 heterocycles. The normalized spacial score (nSPS) is 25.4. The van der Waals surface area contributed by atoms with Crippen LogP contribution in [-0.2, 0) is 16.4 Å². The molecule has 8 heteroatoms. The highest BCUT2D eigenvalue weighted by Gasteiger charge is 2.54. The summed E-state index contributed by atoms with van der Waals surface area (Å²) in [5, 5.41) is 14.5. The molecule has 1 saturated heterocycles. The minimum atomic E-state index is -3.75. The van der Waals surface area contributed by atoms with Gasteiger partial charge in [0.05, 0.1) is 10.6 Å². The number of nitrogens with one attached hydrogen (secondary N) is 1. The van der Waals surface area contributed by atoms with Gasteiger partial charge in [-0.3, -0.25) is 10.1 Å². The zero-order chi connectivity index (χ0) is 20.2. The lowest BCUT2D eigenvalue weighted by molar-refractivity contribution is -0.385. The zero-order valence-electron chi connectivity index (χ0n) is 16.0. The standard InChI is InChI=1S/C21H23N3O4S/c25-24(26)15-7-8-19(20(12-15)29(27,28)23-9-3-4-10-23)22-13-18-17-11-14-5-1-2-6-16(14)21(17)18/h1-2,5-8,12,17-18,21-22H,3-4,9-11,13H2. The van der Waals surface area contributed by atoms with E-state index in [1.54, 1.807) is 0 Å². The van der Waals surface area contributed by atoms with E-state index in [1.807, 2.05) is 0 Å². The van der Waals surface area contributed by atoms with E-state index in [4.69, 9.17) is 0 Å². The molecule has 1 aliphatic heterocycles. The van der Waals surface area contributed by atoms with Crippen molar-refractivity contribution in [2.24, 2.45) is 11.8 Å². The van der Waals surface area contributed by atoms with Gasteiger partial charge in [0.25, 0.3) is 5.69 Å². The number of nitro groups is 1. The van der Waals surface area contributed by atoms with Gasteiger partial charge in [-0.25, -0.2) is 8.42 Å². The van der Waals surface area contributed by atoms with Crippen molar-refractivity contribution in [3.05, 3.63) is 63.7 Å². The second-order valence-corrected chi connectivity index (χ2v) is 10.1. The van der Waals surface area contributed by atoms with Gasteiger partial charge in [0, 0.05) is 31.8 Å². The molecule has 2 aliphatic carbocycles. The summed E-state index contributed by atoms with van der Waals surface area (Å²) >= 11 is 0. The molecule has 152 valence electrons.